The Morgan fingerprint density at radius 2 is 1.94 bits per heavy atom. The maximum Gasteiger partial charge on any atom is 0.271 e. The highest BCUT2D eigenvalue weighted by Crippen LogP contribution is 2.38. The molecule has 0 radical (unpaired) electrons. The Balaban J connectivity index is 1.55. The lowest BCUT2D eigenvalue weighted by Gasteiger charge is -2.14. The van der Waals surface area contributed by atoms with Crippen molar-refractivity contribution in [3.05, 3.63) is 97.6 Å². The molecule has 1 aliphatic heterocycles. The summed E-state index contributed by atoms with van der Waals surface area (Å²) in [7, 11) is 1.46. The summed E-state index contributed by atoms with van der Waals surface area (Å²) in [6.45, 7) is -0.0942. The van der Waals surface area contributed by atoms with E-state index in [-0.39, 0.29) is 27.2 Å². The number of rotatable bonds is 7. The van der Waals surface area contributed by atoms with Crippen molar-refractivity contribution in [1.29, 1.82) is 0 Å². The normalized spacial score (nSPS) is 14.5. The van der Waals surface area contributed by atoms with Crippen LogP contribution in [0.2, 0.25) is 5.02 Å². The van der Waals surface area contributed by atoms with Crippen molar-refractivity contribution in [3.63, 3.8) is 0 Å². The number of thioether (sulfide) groups is 1. The van der Waals surface area contributed by atoms with Crippen molar-refractivity contribution in [2.75, 3.05) is 12.0 Å². The van der Waals surface area contributed by atoms with Crippen LogP contribution in [0.25, 0.3) is 6.08 Å². The standard InChI is InChI=1S/C24H16ClFN2O5S2/c1-32-21-10-14(8-9-20(21)33-13-17-18(25)6-3-7-19(17)26)11-22-23(29)27(24(34)35-22)15-4-2-5-16(12-15)28(30)31/h2-12H,13H2,1H3/b22-11+. The van der Waals surface area contributed by atoms with Crippen molar-refractivity contribution in [2.24, 2.45) is 0 Å². The van der Waals surface area contributed by atoms with Crippen molar-refractivity contribution < 1.29 is 23.6 Å². The van der Waals surface area contributed by atoms with E-state index in [4.69, 9.17) is 33.3 Å². The Kier molecular flexibility index (Phi) is 7.34. The van der Waals surface area contributed by atoms with Gasteiger partial charge in [-0.15, -0.1) is 0 Å². The lowest BCUT2D eigenvalue weighted by Crippen LogP contribution is -2.27. The van der Waals surface area contributed by atoms with Gasteiger partial charge in [-0.25, -0.2) is 4.39 Å². The fraction of sp³-hybridized carbons (Fsp3) is 0.0833. The molecule has 35 heavy (non-hydrogen) atoms. The van der Waals surface area contributed by atoms with E-state index in [1.165, 1.54) is 42.3 Å². The third kappa shape index (κ3) is 5.29. The lowest BCUT2D eigenvalue weighted by molar-refractivity contribution is -0.384. The SMILES string of the molecule is COc1cc(/C=C2/SC(=S)N(c3cccc([N+](=O)[O-])c3)C2=O)ccc1OCc1c(F)cccc1Cl. The summed E-state index contributed by atoms with van der Waals surface area (Å²) in [6.07, 6.45) is 1.64. The first-order valence-corrected chi connectivity index (χ1v) is 11.6. The number of nitro groups is 1. The molecule has 1 fully saturated rings. The van der Waals surface area contributed by atoms with Crippen molar-refractivity contribution in [2.45, 2.75) is 6.61 Å². The smallest absolute Gasteiger partial charge is 0.271 e. The summed E-state index contributed by atoms with van der Waals surface area (Å²) in [4.78, 5) is 25.2. The van der Waals surface area contributed by atoms with E-state index in [0.717, 1.165) is 11.8 Å². The number of methoxy groups -OCH3 is 1. The van der Waals surface area contributed by atoms with Crippen LogP contribution >= 0.6 is 35.6 Å². The first kappa shape index (κ1) is 24.6. The average molecular weight is 531 g/mol. The minimum Gasteiger partial charge on any atom is -0.493 e. The van der Waals surface area contributed by atoms with Crippen molar-refractivity contribution in [1.82, 2.24) is 0 Å². The predicted octanol–water partition coefficient (Wildman–Crippen LogP) is 6.38. The van der Waals surface area contributed by atoms with Crippen LogP contribution in [0.1, 0.15) is 11.1 Å². The van der Waals surface area contributed by atoms with Gasteiger partial charge >= 0.3 is 0 Å². The number of anilines is 1. The van der Waals surface area contributed by atoms with Crippen LogP contribution in [-0.2, 0) is 11.4 Å². The van der Waals surface area contributed by atoms with Crippen LogP contribution in [-0.4, -0.2) is 22.3 Å². The maximum absolute atomic E-state index is 14.0. The number of thiocarbonyl (C=S) groups is 1. The number of amides is 1. The van der Waals surface area contributed by atoms with Gasteiger partial charge in [0.15, 0.2) is 15.8 Å². The van der Waals surface area contributed by atoms with Gasteiger partial charge in [-0.1, -0.05) is 53.8 Å². The molecule has 1 aliphatic rings. The zero-order chi connectivity index (χ0) is 25.1. The number of carbonyl (C=O) groups excluding carboxylic acids is 1. The van der Waals surface area contributed by atoms with Gasteiger partial charge in [-0.3, -0.25) is 19.8 Å². The molecule has 1 saturated heterocycles. The van der Waals surface area contributed by atoms with E-state index in [1.807, 2.05) is 0 Å². The average Bonchev–Trinajstić information content (AvgIpc) is 3.11. The van der Waals surface area contributed by atoms with Crippen LogP contribution in [0.3, 0.4) is 0 Å². The van der Waals surface area contributed by atoms with Gasteiger partial charge in [0.25, 0.3) is 11.6 Å². The fourth-order valence-corrected chi connectivity index (χ4v) is 4.82. The summed E-state index contributed by atoms with van der Waals surface area (Å²) < 4.78 is 25.4. The molecule has 0 aromatic heterocycles. The number of ether oxygens (including phenoxy) is 2. The molecule has 0 N–H and O–H groups in total. The Morgan fingerprint density at radius 3 is 2.66 bits per heavy atom. The highest BCUT2D eigenvalue weighted by Gasteiger charge is 2.34. The third-order valence-electron chi connectivity index (χ3n) is 5.01. The zero-order valence-corrected chi connectivity index (χ0v) is 20.5. The van der Waals surface area contributed by atoms with Crippen LogP contribution in [0, 0.1) is 15.9 Å². The number of hydrogen-bond acceptors (Lipinski definition) is 7. The highest BCUT2D eigenvalue weighted by molar-refractivity contribution is 8.27. The minimum absolute atomic E-state index is 0.0942. The predicted molar refractivity (Wildman–Crippen MR) is 137 cm³/mol. The molecule has 178 valence electrons. The van der Waals surface area contributed by atoms with Crippen LogP contribution in [0.4, 0.5) is 15.8 Å². The monoisotopic (exact) mass is 530 g/mol. The molecule has 1 amide bonds. The fourth-order valence-electron chi connectivity index (χ4n) is 3.30. The molecule has 3 aromatic carbocycles. The topological polar surface area (TPSA) is 81.9 Å². The van der Waals surface area contributed by atoms with E-state index >= 15 is 0 Å². The number of carbonyl (C=O) groups is 1. The first-order valence-electron chi connectivity index (χ1n) is 10.0. The molecule has 0 unspecified atom stereocenters. The van der Waals surface area contributed by atoms with E-state index < -0.39 is 16.6 Å². The second-order valence-corrected chi connectivity index (χ2v) is 9.28. The molecule has 0 aliphatic carbocycles. The van der Waals surface area contributed by atoms with Gasteiger partial charge < -0.3 is 9.47 Å². The van der Waals surface area contributed by atoms with E-state index in [0.29, 0.717) is 27.7 Å². The van der Waals surface area contributed by atoms with E-state index in [9.17, 15) is 19.3 Å². The quantitative estimate of drug-likeness (QED) is 0.152. The number of non-ortho nitro benzene ring substituents is 1. The van der Waals surface area contributed by atoms with E-state index in [1.54, 1.807) is 36.4 Å². The summed E-state index contributed by atoms with van der Waals surface area (Å²) in [5.41, 5.74) is 1.04. The van der Waals surface area contributed by atoms with Gasteiger partial charge in [0, 0.05) is 17.7 Å². The zero-order valence-electron chi connectivity index (χ0n) is 18.1. The third-order valence-corrected chi connectivity index (χ3v) is 6.67. The number of nitro benzene ring substituents is 1. The van der Waals surface area contributed by atoms with Gasteiger partial charge in [0.05, 0.1) is 27.6 Å². The minimum atomic E-state index is -0.535. The summed E-state index contributed by atoms with van der Waals surface area (Å²) >= 11 is 12.5. The van der Waals surface area contributed by atoms with Gasteiger partial charge in [0.2, 0.25) is 0 Å². The summed E-state index contributed by atoms with van der Waals surface area (Å²) in [6, 6.07) is 15.1. The first-order chi connectivity index (χ1) is 16.8. The Morgan fingerprint density at radius 1 is 1.17 bits per heavy atom. The van der Waals surface area contributed by atoms with E-state index in [2.05, 4.69) is 0 Å². The Labute approximate surface area is 214 Å². The molecule has 4 rings (SSSR count). The summed E-state index contributed by atoms with van der Waals surface area (Å²) in [5, 5.41) is 11.3. The Hall–Kier alpha value is -3.47. The largest absolute Gasteiger partial charge is 0.493 e. The highest BCUT2D eigenvalue weighted by atomic mass is 35.5. The molecule has 3 aromatic rings. The maximum atomic E-state index is 14.0. The molecular weight excluding hydrogens is 515 g/mol. The second kappa shape index (κ2) is 10.4. The van der Waals surface area contributed by atoms with Crippen LogP contribution in [0.15, 0.2) is 65.6 Å². The molecule has 0 atom stereocenters. The van der Waals surface area contributed by atoms with Gasteiger partial charge in [0.1, 0.15) is 12.4 Å². The summed E-state index contributed by atoms with van der Waals surface area (Å²) in [5.74, 6) is -0.124. The van der Waals surface area contributed by atoms with Crippen molar-refractivity contribution >= 4 is 63.3 Å². The number of halogens is 2. The molecule has 0 bridgehead atoms. The molecular formula is C24H16ClFN2O5S2. The van der Waals surface area contributed by atoms with Gasteiger partial charge in [-0.05, 0) is 42.0 Å². The van der Waals surface area contributed by atoms with Gasteiger partial charge in [-0.2, -0.15) is 0 Å². The number of benzene rings is 3. The molecule has 1 heterocycles. The second-order valence-electron chi connectivity index (χ2n) is 7.19. The molecule has 0 saturated carbocycles. The van der Waals surface area contributed by atoms with Crippen LogP contribution in [0.5, 0.6) is 11.5 Å². The number of nitrogens with zero attached hydrogens (tertiary/aromatic N) is 2. The molecule has 0 spiro atoms. The number of hydrogen-bond donors (Lipinski definition) is 0. The Bertz CT molecular complexity index is 1360. The molecule has 11 heteroatoms. The molecule has 7 nitrogen and oxygen atoms in total. The van der Waals surface area contributed by atoms with Crippen molar-refractivity contribution in [3.8, 4) is 11.5 Å². The van der Waals surface area contributed by atoms with Crippen LogP contribution < -0.4 is 14.4 Å². The lowest BCUT2D eigenvalue weighted by atomic mass is 10.1.